The van der Waals surface area contributed by atoms with Gasteiger partial charge in [-0.2, -0.15) is 0 Å². The van der Waals surface area contributed by atoms with Crippen molar-refractivity contribution in [1.29, 1.82) is 0 Å². The lowest BCUT2D eigenvalue weighted by atomic mass is 10.0. The molecule has 0 aliphatic heterocycles. The van der Waals surface area contributed by atoms with Gasteiger partial charge in [0, 0.05) is 19.6 Å². The second-order valence-electron chi connectivity index (χ2n) is 5.80. The van der Waals surface area contributed by atoms with E-state index in [2.05, 4.69) is 26.0 Å². The highest BCUT2D eigenvalue weighted by molar-refractivity contribution is 5.77. The summed E-state index contributed by atoms with van der Waals surface area (Å²) in [6, 6.07) is 10.3. The summed E-state index contributed by atoms with van der Waals surface area (Å²) in [7, 11) is 1.80. The van der Waals surface area contributed by atoms with Crippen LogP contribution < -0.4 is 5.73 Å². The summed E-state index contributed by atoms with van der Waals surface area (Å²) >= 11 is 0. The fourth-order valence-corrected chi connectivity index (χ4v) is 1.91. The second-order valence-corrected chi connectivity index (χ2v) is 5.80. The molecule has 1 aromatic carbocycles. The normalized spacial score (nSPS) is 12.4. The number of carbonyl (C=O) groups excluding carboxylic acids is 1. The maximum absolute atomic E-state index is 11.9. The van der Waals surface area contributed by atoms with Crippen LogP contribution in [0.4, 0.5) is 0 Å². The molecule has 1 amide bonds. The molecule has 1 aromatic rings. The Balaban J connectivity index is 2.15. The van der Waals surface area contributed by atoms with Crippen LogP contribution in [0.5, 0.6) is 0 Å². The molecule has 0 spiro atoms. The largest absolute Gasteiger partial charge is 0.371 e. The Labute approximate surface area is 128 Å². The SMILES string of the molecule is CC(C)C(N)CCN(C)C(=O)COCCc1ccccc1. The van der Waals surface area contributed by atoms with E-state index in [1.165, 1.54) is 5.56 Å². The van der Waals surface area contributed by atoms with Crippen LogP contribution in [0, 0.1) is 5.92 Å². The Morgan fingerprint density at radius 3 is 2.57 bits per heavy atom. The third kappa shape index (κ3) is 7.25. The Morgan fingerprint density at radius 2 is 1.95 bits per heavy atom. The molecule has 0 radical (unpaired) electrons. The average molecular weight is 292 g/mol. The number of ether oxygens (including phenoxy) is 1. The van der Waals surface area contributed by atoms with E-state index in [0.29, 0.717) is 19.1 Å². The Kier molecular flexibility index (Phi) is 8.01. The van der Waals surface area contributed by atoms with E-state index in [1.54, 1.807) is 11.9 Å². The predicted molar refractivity (Wildman–Crippen MR) is 86.0 cm³/mol. The van der Waals surface area contributed by atoms with Crippen LogP contribution in [0.15, 0.2) is 30.3 Å². The molecule has 1 atom stereocenters. The number of likely N-dealkylation sites (N-methyl/N-ethyl adjacent to an activating group) is 1. The van der Waals surface area contributed by atoms with Crippen LogP contribution in [0.2, 0.25) is 0 Å². The van der Waals surface area contributed by atoms with Gasteiger partial charge in [-0.15, -0.1) is 0 Å². The van der Waals surface area contributed by atoms with Crippen LogP contribution in [0.3, 0.4) is 0 Å². The van der Waals surface area contributed by atoms with Crippen molar-refractivity contribution in [2.45, 2.75) is 32.7 Å². The first-order chi connectivity index (χ1) is 10.0. The lowest BCUT2D eigenvalue weighted by Gasteiger charge is -2.21. The minimum atomic E-state index is 0.0130. The zero-order valence-corrected chi connectivity index (χ0v) is 13.4. The molecule has 0 aromatic heterocycles. The number of amides is 1. The van der Waals surface area contributed by atoms with Crippen molar-refractivity contribution in [1.82, 2.24) is 4.90 Å². The summed E-state index contributed by atoms with van der Waals surface area (Å²) in [5.74, 6) is 0.453. The molecule has 0 aliphatic carbocycles. The summed E-state index contributed by atoms with van der Waals surface area (Å²) in [5, 5.41) is 0. The molecule has 0 fully saturated rings. The monoisotopic (exact) mass is 292 g/mol. The molecule has 0 saturated heterocycles. The third-order valence-electron chi connectivity index (χ3n) is 3.68. The van der Waals surface area contributed by atoms with Gasteiger partial charge >= 0.3 is 0 Å². The van der Waals surface area contributed by atoms with E-state index >= 15 is 0 Å². The van der Waals surface area contributed by atoms with Gasteiger partial charge < -0.3 is 15.4 Å². The average Bonchev–Trinajstić information content (AvgIpc) is 2.49. The molecule has 0 aliphatic rings. The number of benzene rings is 1. The van der Waals surface area contributed by atoms with Gasteiger partial charge in [0.1, 0.15) is 6.61 Å². The van der Waals surface area contributed by atoms with Crippen molar-refractivity contribution in [2.75, 3.05) is 26.8 Å². The number of hydrogen-bond acceptors (Lipinski definition) is 3. The third-order valence-corrected chi connectivity index (χ3v) is 3.68. The fraction of sp³-hybridized carbons (Fsp3) is 0.588. The molecule has 4 heteroatoms. The Morgan fingerprint density at radius 1 is 1.29 bits per heavy atom. The Bertz CT molecular complexity index is 407. The lowest BCUT2D eigenvalue weighted by molar-refractivity contribution is -0.134. The summed E-state index contributed by atoms with van der Waals surface area (Å²) in [5.41, 5.74) is 7.21. The topological polar surface area (TPSA) is 55.6 Å². The van der Waals surface area contributed by atoms with Gasteiger partial charge in [0.15, 0.2) is 0 Å². The molecular weight excluding hydrogens is 264 g/mol. The highest BCUT2D eigenvalue weighted by Crippen LogP contribution is 2.04. The fourth-order valence-electron chi connectivity index (χ4n) is 1.91. The molecule has 4 nitrogen and oxygen atoms in total. The second kappa shape index (κ2) is 9.53. The molecule has 21 heavy (non-hydrogen) atoms. The summed E-state index contributed by atoms with van der Waals surface area (Å²) in [6.07, 6.45) is 1.65. The molecule has 1 unspecified atom stereocenters. The van der Waals surface area contributed by atoms with E-state index in [9.17, 15) is 4.79 Å². The molecule has 0 bridgehead atoms. The first-order valence-electron chi connectivity index (χ1n) is 7.62. The van der Waals surface area contributed by atoms with E-state index < -0.39 is 0 Å². The van der Waals surface area contributed by atoms with Crippen molar-refractivity contribution in [3.05, 3.63) is 35.9 Å². The van der Waals surface area contributed by atoms with Crippen LogP contribution in [0.1, 0.15) is 25.8 Å². The van der Waals surface area contributed by atoms with Gasteiger partial charge in [0.2, 0.25) is 5.91 Å². The maximum Gasteiger partial charge on any atom is 0.248 e. The van der Waals surface area contributed by atoms with Gasteiger partial charge in [-0.25, -0.2) is 0 Å². The quantitative estimate of drug-likeness (QED) is 0.709. The Hall–Kier alpha value is -1.39. The van der Waals surface area contributed by atoms with Gasteiger partial charge in [-0.3, -0.25) is 4.79 Å². The van der Waals surface area contributed by atoms with Crippen molar-refractivity contribution >= 4 is 5.91 Å². The van der Waals surface area contributed by atoms with E-state index in [-0.39, 0.29) is 18.6 Å². The number of nitrogens with two attached hydrogens (primary N) is 1. The molecule has 118 valence electrons. The number of hydrogen-bond donors (Lipinski definition) is 1. The van der Waals surface area contributed by atoms with Gasteiger partial charge in [0.25, 0.3) is 0 Å². The van der Waals surface area contributed by atoms with Crippen LogP contribution in [-0.4, -0.2) is 43.7 Å². The smallest absolute Gasteiger partial charge is 0.248 e. The minimum Gasteiger partial charge on any atom is -0.371 e. The standard InChI is InChI=1S/C17H28N2O2/c1-14(2)16(18)9-11-19(3)17(20)13-21-12-10-15-7-5-4-6-8-15/h4-8,14,16H,9-13,18H2,1-3H3. The van der Waals surface area contributed by atoms with E-state index in [1.807, 2.05) is 18.2 Å². The van der Waals surface area contributed by atoms with Gasteiger partial charge in [0.05, 0.1) is 6.61 Å². The number of rotatable bonds is 9. The minimum absolute atomic E-state index is 0.0130. The van der Waals surface area contributed by atoms with Crippen LogP contribution in [0.25, 0.3) is 0 Å². The number of carbonyl (C=O) groups is 1. The summed E-state index contributed by atoms with van der Waals surface area (Å²) in [4.78, 5) is 13.6. The summed E-state index contributed by atoms with van der Waals surface area (Å²) < 4.78 is 5.45. The zero-order chi connectivity index (χ0) is 15.7. The van der Waals surface area contributed by atoms with Gasteiger partial charge in [-0.1, -0.05) is 44.2 Å². The molecule has 1 rings (SSSR count). The van der Waals surface area contributed by atoms with Crippen molar-refractivity contribution < 1.29 is 9.53 Å². The summed E-state index contributed by atoms with van der Waals surface area (Å²) in [6.45, 7) is 5.58. The molecule has 0 saturated carbocycles. The first kappa shape index (κ1) is 17.7. The van der Waals surface area contributed by atoms with Crippen molar-refractivity contribution in [2.24, 2.45) is 11.7 Å². The van der Waals surface area contributed by atoms with Crippen LogP contribution >= 0.6 is 0 Å². The van der Waals surface area contributed by atoms with Crippen LogP contribution in [-0.2, 0) is 16.0 Å². The van der Waals surface area contributed by atoms with E-state index in [0.717, 1.165) is 12.8 Å². The molecule has 0 heterocycles. The zero-order valence-electron chi connectivity index (χ0n) is 13.4. The maximum atomic E-state index is 11.9. The van der Waals surface area contributed by atoms with Gasteiger partial charge in [-0.05, 0) is 24.3 Å². The van der Waals surface area contributed by atoms with E-state index in [4.69, 9.17) is 10.5 Å². The lowest BCUT2D eigenvalue weighted by Crippen LogP contribution is -2.36. The molecule has 2 N–H and O–H groups in total. The predicted octanol–water partition coefficient (Wildman–Crippen LogP) is 2.08. The number of nitrogens with zero attached hydrogens (tertiary/aromatic N) is 1. The first-order valence-corrected chi connectivity index (χ1v) is 7.62. The highest BCUT2D eigenvalue weighted by Gasteiger charge is 2.12. The molecular formula is C17H28N2O2. The highest BCUT2D eigenvalue weighted by atomic mass is 16.5. The van der Waals surface area contributed by atoms with Crippen molar-refractivity contribution in [3.8, 4) is 0 Å². The van der Waals surface area contributed by atoms with Crippen molar-refractivity contribution in [3.63, 3.8) is 0 Å².